The third-order valence-corrected chi connectivity index (χ3v) is 4.63. The molecule has 1 aliphatic heterocycles. The number of benzene rings is 1. The molecule has 136 valence electrons. The van der Waals surface area contributed by atoms with Crippen LogP contribution in [0.25, 0.3) is 0 Å². The summed E-state index contributed by atoms with van der Waals surface area (Å²) in [5, 5.41) is 3.57. The standard InChI is InChI=1S/C18H22ClN3O2.ClH/c1-21-7-9-22(10-8-21)16(17-6-3-11-24-17)13-20-18(23)14-4-2-5-15(19)12-14;/h2-6,11-12,16H,7-10,13H2,1H3,(H,20,23);1H. The zero-order chi connectivity index (χ0) is 16.9. The number of rotatable bonds is 5. The quantitative estimate of drug-likeness (QED) is 0.861. The fraction of sp³-hybridized carbons (Fsp3) is 0.389. The van der Waals surface area contributed by atoms with Crippen LogP contribution in [-0.2, 0) is 0 Å². The minimum Gasteiger partial charge on any atom is -0.468 e. The van der Waals surface area contributed by atoms with Crippen molar-refractivity contribution in [2.75, 3.05) is 39.8 Å². The van der Waals surface area contributed by atoms with Gasteiger partial charge in [-0.2, -0.15) is 0 Å². The van der Waals surface area contributed by atoms with Gasteiger partial charge in [-0.15, -0.1) is 12.4 Å². The first-order valence-electron chi connectivity index (χ1n) is 8.13. The number of hydrogen-bond acceptors (Lipinski definition) is 4. The average Bonchev–Trinajstić information content (AvgIpc) is 3.11. The van der Waals surface area contributed by atoms with Crippen molar-refractivity contribution in [1.82, 2.24) is 15.1 Å². The molecule has 2 heterocycles. The van der Waals surface area contributed by atoms with Crippen LogP contribution in [0, 0.1) is 0 Å². The fourth-order valence-corrected chi connectivity index (χ4v) is 3.14. The Morgan fingerprint density at radius 2 is 2.00 bits per heavy atom. The van der Waals surface area contributed by atoms with E-state index in [2.05, 4.69) is 22.2 Å². The minimum absolute atomic E-state index is 0. The SMILES string of the molecule is CN1CCN(C(CNC(=O)c2cccc(Cl)c2)c2ccco2)CC1.Cl. The molecule has 25 heavy (non-hydrogen) atoms. The van der Waals surface area contributed by atoms with Gasteiger partial charge in [0.15, 0.2) is 0 Å². The lowest BCUT2D eigenvalue weighted by Gasteiger charge is -2.37. The first-order chi connectivity index (χ1) is 11.6. The van der Waals surface area contributed by atoms with Gasteiger partial charge < -0.3 is 14.6 Å². The number of halogens is 2. The molecule has 1 saturated heterocycles. The van der Waals surface area contributed by atoms with E-state index in [0.29, 0.717) is 17.1 Å². The molecule has 1 atom stereocenters. The van der Waals surface area contributed by atoms with E-state index >= 15 is 0 Å². The molecule has 0 saturated carbocycles. The Labute approximate surface area is 159 Å². The largest absolute Gasteiger partial charge is 0.468 e. The summed E-state index contributed by atoms with van der Waals surface area (Å²) in [5.41, 5.74) is 0.569. The van der Waals surface area contributed by atoms with E-state index in [1.807, 2.05) is 12.1 Å². The van der Waals surface area contributed by atoms with Gasteiger partial charge in [-0.05, 0) is 37.4 Å². The van der Waals surface area contributed by atoms with Crippen LogP contribution in [0.15, 0.2) is 47.1 Å². The number of amides is 1. The highest BCUT2D eigenvalue weighted by molar-refractivity contribution is 6.30. The van der Waals surface area contributed by atoms with E-state index in [1.54, 1.807) is 30.5 Å². The minimum atomic E-state index is -0.122. The number of piperazine rings is 1. The molecule has 1 fully saturated rings. The summed E-state index contributed by atoms with van der Waals surface area (Å²) < 4.78 is 5.61. The second kappa shape index (κ2) is 9.25. The molecule has 0 radical (unpaired) electrons. The first-order valence-corrected chi connectivity index (χ1v) is 8.51. The maximum absolute atomic E-state index is 12.4. The number of carbonyl (C=O) groups is 1. The van der Waals surface area contributed by atoms with E-state index in [9.17, 15) is 4.79 Å². The Morgan fingerprint density at radius 3 is 2.64 bits per heavy atom. The molecule has 2 aromatic rings. The molecule has 1 N–H and O–H groups in total. The highest BCUT2D eigenvalue weighted by Crippen LogP contribution is 2.22. The van der Waals surface area contributed by atoms with Crippen molar-refractivity contribution < 1.29 is 9.21 Å². The summed E-state index contributed by atoms with van der Waals surface area (Å²) in [6.07, 6.45) is 1.68. The Kier molecular flexibility index (Phi) is 7.32. The van der Waals surface area contributed by atoms with Gasteiger partial charge in [0.1, 0.15) is 5.76 Å². The van der Waals surface area contributed by atoms with Crippen LogP contribution >= 0.6 is 24.0 Å². The molecule has 1 aromatic carbocycles. The zero-order valence-electron chi connectivity index (χ0n) is 14.2. The van der Waals surface area contributed by atoms with Crippen LogP contribution in [0.3, 0.4) is 0 Å². The molecule has 1 aromatic heterocycles. The lowest BCUT2D eigenvalue weighted by molar-refractivity contribution is 0.0851. The van der Waals surface area contributed by atoms with Gasteiger partial charge >= 0.3 is 0 Å². The summed E-state index contributed by atoms with van der Waals surface area (Å²) >= 11 is 5.96. The van der Waals surface area contributed by atoms with Crippen molar-refractivity contribution in [3.63, 3.8) is 0 Å². The predicted molar refractivity (Wildman–Crippen MR) is 102 cm³/mol. The third kappa shape index (κ3) is 5.22. The van der Waals surface area contributed by atoms with Gasteiger partial charge in [0.2, 0.25) is 0 Å². The maximum Gasteiger partial charge on any atom is 0.251 e. The molecule has 1 amide bonds. The summed E-state index contributed by atoms with van der Waals surface area (Å²) in [4.78, 5) is 17.0. The fourth-order valence-electron chi connectivity index (χ4n) is 2.95. The lowest BCUT2D eigenvalue weighted by Crippen LogP contribution is -2.48. The predicted octanol–water partition coefficient (Wildman–Crippen LogP) is 3.07. The normalized spacial score (nSPS) is 16.9. The molecule has 0 spiro atoms. The number of nitrogens with zero attached hydrogens (tertiary/aromatic N) is 2. The summed E-state index contributed by atoms with van der Waals surface area (Å²) in [6.45, 7) is 4.44. The molecule has 1 unspecified atom stereocenters. The molecule has 0 aliphatic carbocycles. The highest BCUT2D eigenvalue weighted by Gasteiger charge is 2.26. The number of carbonyl (C=O) groups excluding carboxylic acids is 1. The van der Waals surface area contributed by atoms with Gasteiger partial charge in [0, 0.05) is 43.3 Å². The van der Waals surface area contributed by atoms with E-state index in [4.69, 9.17) is 16.0 Å². The second-order valence-electron chi connectivity index (χ2n) is 6.09. The van der Waals surface area contributed by atoms with Crippen molar-refractivity contribution in [2.45, 2.75) is 6.04 Å². The smallest absolute Gasteiger partial charge is 0.251 e. The van der Waals surface area contributed by atoms with Crippen LogP contribution < -0.4 is 5.32 Å². The van der Waals surface area contributed by atoms with Gasteiger partial charge in [0.05, 0.1) is 12.3 Å². The molecule has 7 heteroatoms. The van der Waals surface area contributed by atoms with Crippen molar-refractivity contribution in [3.05, 3.63) is 59.0 Å². The topological polar surface area (TPSA) is 48.7 Å². The van der Waals surface area contributed by atoms with Crippen molar-refractivity contribution >= 4 is 29.9 Å². The lowest BCUT2D eigenvalue weighted by atomic mass is 10.1. The highest BCUT2D eigenvalue weighted by atomic mass is 35.5. The Morgan fingerprint density at radius 1 is 1.24 bits per heavy atom. The van der Waals surface area contributed by atoms with E-state index in [0.717, 1.165) is 31.9 Å². The molecular formula is C18H23Cl2N3O2. The van der Waals surface area contributed by atoms with Gasteiger partial charge in [-0.25, -0.2) is 0 Å². The first kappa shape index (κ1) is 19.8. The number of likely N-dealkylation sites (N-methyl/N-ethyl adjacent to an activating group) is 1. The van der Waals surface area contributed by atoms with Crippen LogP contribution in [-0.4, -0.2) is 55.5 Å². The monoisotopic (exact) mass is 383 g/mol. The molecular weight excluding hydrogens is 361 g/mol. The van der Waals surface area contributed by atoms with Crippen LogP contribution in [0.2, 0.25) is 5.02 Å². The number of hydrogen-bond donors (Lipinski definition) is 1. The summed E-state index contributed by atoms with van der Waals surface area (Å²) in [6, 6.07) is 10.9. The second-order valence-corrected chi connectivity index (χ2v) is 6.53. The van der Waals surface area contributed by atoms with Crippen LogP contribution in [0.4, 0.5) is 0 Å². The Hall–Kier alpha value is -1.53. The maximum atomic E-state index is 12.4. The van der Waals surface area contributed by atoms with Gasteiger partial charge in [-0.3, -0.25) is 9.69 Å². The van der Waals surface area contributed by atoms with Crippen molar-refractivity contribution in [2.24, 2.45) is 0 Å². The van der Waals surface area contributed by atoms with Crippen LogP contribution in [0.5, 0.6) is 0 Å². The summed E-state index contributed by atoms with van der Waals surface area (Å²) in [5.74, 6) is 0.758. The molecule has 3 rings (SSSR count). The third-order valence-electron chi connectivity index (χ3n) is 4.39. The van der Waals surface area contributed by atoms with E-state index < -0.39 is 0 Å². The van der Waals surface area contributed by atoms with Crippen molar-refractivity contribution in [3.8, 4) is 0 Å². The van der Waals surface area contributed by atoms with Crippen LogP contribution in [0.1, 0.15) is 22.2 Å². The van der Waals surface area contributed by atoms with Gasteiger partial charge in [-0.1, -0.05) is 17.7 Å². The molecule has 1 aliphatic rings. The van der Waals surface area contributed by atoms with E-state index in [-0.39, 0.29) is 24.4 Å². The molecule has 0 bridgehead atoms. The molecule has 5 nitrogen and oxygen atoms in total. The average molecular weight is 384 g/mol. The number of nitrogens with one attached hydrogen (secondary N) is 1. The van der Waals surface area contributed by atoms with Gasteiger partial charge in [0.25, 0.3) is 5.91 Å². The number of furan rings is 1. The van der Waals surface area contributed by atoms with E-state index in [1.165, 1.54) is 0 Å². The summed E-state index contributed by atoms with van der Waals surface area (Å²) in [7, 11) is 2.13. The Bertz CT molecular complexity index is 671. The zero-order valence-corrected chi connectivity index (χ0v) is 15.7. The Balaban J connectivity index is 0.00000225. The van der Waals surface area contributed by atoms with Crippen molar-refractivity contribution in [1.29, 1.82) is 0 Å².